The summed E-state index contributed by atoms with van der Waals surface area (Å²) in [4.78, 5) is 17.4. The predicted molar refractivity (Wildman–Crippen MR) is 131 cm³/mol. The summed E-state index contributed by atoms with van der Waals surface area (Å²) in [7, 11) is 1.59. The van der Waals surface area contributed by atoms with E-state index in [0.717, 1.165) is 32.2 Å². The second-order valence-corrected chi connectivity index (χ2v) is 8.48. The minimum absolute atomic E-state index is 0.230. The summed E-state index contributed by atoms with van der Waals surface area (Å²) >= 11 is 3.49. The van der Waals surface area contributed by atoms with Crippen molar-refractivity contribution in [3.63, 3.8) is 0 Å². The van der Waals surface area contributed by atoms with Gasteiger partial charge in [-0.05, 0) is 30.3 Å². The number of ether oxygens (including phenoxy) is 2. The number of methoxy groups -OCH3 is 1. The lowest BCUT2D eigenvalue weighted by Crippen LogP contribution is -2.25. The highest BCUT2D eigenvalue weighted by molar-refractivity contribution is 9.10. The van der Waals surface area contributed by atoms with Crippen LogP contribution in [0, 0.1) is 0 Å². The second-order valence-electron chi connectivity index (χ2n) is 7.56. The van der Waals surface area contributed by atoms with Gasteiger partial charge in [0.25, 0.3) is 0 Å². The summed E-state index contributed by atoms with van der Waals surface area (Å²) in [5.74, 6) is 0.687. The second kappa shape index (κ2) is 8.67. The molecule has 1 atom stereocenters. The first-order valence-corrected chi connectivity index (χ1v) is 11.2. The Morgan fingerprint density at radius 1 is 1.03 bits per heavy atom. The molecule has 1 aliphatic heterocycles. The van der Waals surface area contributed by atoms with E-state index in [-0.39, 0.29) is 5.91 Å². The number of halogens is 1. The number of rotatable bonds is 4. The highest BCUT2D eigenvalue weighted by Gasteiger charge is 2.35. The molecular weight excluding hydrogens is 482 g/mol. The predicted octanol–water partition coefficient (Wildman–Crippen LogP) is 5.91. The van der Waals surface area contributed by atoms with Crippen LogP contribution in [-0.4, -0.2) is 28.9 Å². The number of hydrazone groups is 1. The van der Waals surface area contributed by atoms with Gasteiger partial charge in [-0.15, -0.1) is 5.10 Å². The Morgan fingerprint density at radius 2 is 1.79 bits per heavy atom. The number of amides is 1. The minimum atomic E-state index is -0.739. The van der Waals surface area contributed by atoms with Crippen LogP contribution in [0.4, 0.5) is 0 Å². The lowest BCUT2D eigenvalue weighted by molar-refractivity contribution is -0.135. The lowest BCUT2D eigenvalue weighted by Gasteiger charge is -2.21. The van der Waals surface area contributed by atoms with Gasteiger partial charge in [0, 0.05) is 27.9 Å². The summed E-state index contributed by atoms with van der Waals surface area (Å²) in [6, 6.07) is 25.3. The number of nitrogens with zero attached hydrogens (tertiary/aromatic N) is 3. The molecule has 7 heteroatoms. The Bertz CT molecular complexity index is 1390. The van der Waals surface area contributed by atoms with Crippen molar-refractivity contribution in [1.29, 1.82) is 0 Å². The topological polar surface area (TPSA) is 64.0 Å². The molecule has 0 spiro atoms. The van der Waals surface area contributed by atoms with Crippen molar-refractivity contribution in [3.05, 3.63) is 94.5 Å². The van der Waals surface area contributed by atoms with Crippen LogP contribution in [-0.2, 0) is 9.53 Å². The SMILES string of the molecule is COc1ccc(Br)cc1C1=NN(C(C)=O)[C@H](c2cc(-c3ccccc3)nc3ccccc23)O1. The van der Waals surface area contributed by atoms with E-state index in [9.17, 15) is 4.79 Å². The number of hydrogen-bond donors (Lipinski definition) is 0. The van der Waals surface area contributed by atoms with Gasteiger partial charge in [0.1, 0.15) is 5.75 Å². The normalized spacial score (nSPS) is 15.3. The Labute approximate surface area is 199 Å². The number of carbonyl (C=O) groups excluding carboxylic acids is 1. The summed E-state index contributed by atoms with van der Waals surface area (Å²) in [5, 5.41) is 6.79. The van der Waals surface area contributed by atoms with Crippen LogP contribution >= 0.6 is 15.9 Å². The van der Waals surface area contributed by atoms with E-state index in [1.165, 1.54) is 11.9 Å². The number of pyridine rings is 1. The molecule has 0 aliphatic carbocycles. The smallest absolute Gasteiger partial charge is 0.244 e. The van der Waals surface area contributed by atoms with Crippen molar-refractivity contribution < 1.29 is 14.3 Å². The molecular formula is C26H20BrN3O3. The van der Waals surface area contributed by atoms with Crippen LogP contribution in [0.15, 0.2) is 88.4 Å². The van der Waals surface area contributed by atoms with E-state index in [4.69, 9.17) is 14.5 Å². The number of para-hydroxylation sites is 1. The van der Waals surface area contributed by atoms with E-state index >= 15 is 0 Å². The molecule has 0 saturated heterocycles. The van der Waals surface area contributed by atoms with Gasteiger partial charge in [-0.3, -0.25) is 4.79 Å². The molecule has 1 aliphatic rings. The van der Waals surface area contributed by atoms with Crippen molar-refractivity contribution in [2.45, 2.75) is 13.2 Å². The standard InChI is InChI=1S/C26H20BrN3O3/c1-16(31)30-26(33-25(29-30)21-14-18(27)12-13-24(21)32-2)20-15-23(17-8-4-3-5-9-17)28-22-11-7-6-10-19(20)22/h3-15,26H,1-2H3/t26-/m0/s1. The first-order chi connectivity index (χ1) is 16.0. The molecule has 6 nitrogen and oxygen atoms in total. The molecule has 5 rings (SSSR count). The number of carbonyl (C=O) groups is 1. The van der Waals surface area contributed by atoms with Gasteiger partial charge in [0.05, 0.1) is 23.9 Å². The van der Waals surface area contributed by atoms with Gasteiger partial charge in [-0.25, -0.2) is 4.98 Å². The third kappa shape index (κ3) is 3.96. The Balaban J connectivity index is 1.65. The summed E-state index contributed by atoms with van der Waals surface area (Å²) in [5.41, 5.74) is 4.05. The molecule has 1 amide bonds. The fraction of sp³-hybridized carbons (Fsp3) is 0.115. The molecule has 0 N–H and O–H groups in total. The van der Waals surface area contributed by atoms with Gasteiger partial charge >= 0.3 is 0 Å². The summed E-state index contributed by atoms with van der Waals surface area (Å²) in [6.45, 7) is 1.47. The molecule has 0 unspecified atom stereocenters. The number of aromatic nitrogens is 1. The maximum atomic E-state index is 12.6. The highest BCUT2D eigenvalue weighted by atomic mass is 79.9. The molecule has 33 heavy (non-hydrogen) atoms. The van der Waals surface area contributed by atoms with Gasteiger partial charge in [-0.1, -0.05) is 64.5 Å². The van der Waals surface area contributed by atoms with Crippen molar-refractivity contribution in [3.8, 4) is 17.0 Å². The number of hydrogen-bond acceptors (Lipinski definition) is 5. The zero-order valence-electron chi connectivity index (χ0n) is 18.0. The van der Waals surface area contributed by atoms with E-state index in [1.54, 1.807) is 7.11 Å². The average molecular weight is 502 g/mol. The first kappa shape index (κ1) is 21.2. The van der Waals surface area contributed by atoms with Crippen LogP contribution < -0.4 is 4.74 Å². The highest BCUT2D eigenvalue weighted by Crippen LogP contribution is 2.38. The molecule has 4 aromatic rings. The minimum Gasteiger partial charge on any atom is -0.496 e. The maximum Gasteiger partial charge on any atom is 0.244 e. The van der Waals surface area contributed by atoms with E-state index in [0.29, 0.717) is 17.2 Å². The zero-order chi connectivity index (χ0) is 22.9. The van der Waals surface area contributed by atoms with Crippen LogP contribution in [0.3, 0.4) is 0 Å². The van der Waals surface area contributed by atoms with Gasteiger partial charge in [0.2, 0.25) is 18.0 Å². The van der Waals surface area contributed by atoms with Crippen LogP contribution in [0.25, 0.3) is 22.2 Å². The van der Waals surface area contributed by atoms with Crippen LogP contribution in [0.5, 0.6) is 5.75 Å². The maximum absolute atomic E-state index is 12.6. The third-order valence-corrected chi connectivity index (χ3v) is 5.94. The molecule has 3 aromatic carbocycles. The molecule has 164 valence electrons. The van der Waals surface area contributed by atoms with Crippen molar-refractivity contribution in [2.24, 2.45) is 5.10 Å². The van der Waals surface area contributed by atoms with Gasteiger partial charge in [0.15, 0.2) is 0 Å². The molecule has 2 heterocycles. The number of benzene rings is 3. The lowest BCUT2D eigenvalue weighted by atomic mass is 10.0. The molecule has 0 fully saturated rings. The summed E-state index contributed by atoms with van der Waals surface area (Å²) < 4.78 is 12.7. The Morgan fingerprint density at radius 3 is 2.55 bits per heavy atom. The molecule has 1 aromatic heterocycles. The largest absolute Gasteiger partial charge is 0.496 e. The van der Waals surface area contributed by atoms with E-state index in [2.05, 4.69) is 21.0 Å². The monoisotopic (exact) mass is 501 g/mol. The van der Waals surface area contributed by atoms with Crippen molar-refractivity contribution in [1.82, 2.24) is 9.99 Å². The molecule has 0 bridgehead atoms. The Kier molecular flexibility index (Phi) is 5.56. The van der Waals surface area contributed by atoms with Crippen molar-refractivity contribution in [2.75, 3.05) is 7.11 Å². The van der Waals surface area contributed by atoms with Crippen LogP contribution in [0.1, 0.15) is 24.3 Å². The Hall–Kier alpha value is -3.71. The van der Waals surface area contributed by atoms with Crippen LogP contribution in [0.2, 0.25) is 0 Å². The fourth-order valence-corrected chi connectivity index (χ4v) is 4.25. The quantitative estimate of drug-likeness (QED) is 0.348. The van der Waals surface area contributed by atoms with Gasteiger partial charge < -0.3 is 9.47 Å². The number of fused-ring (bicyclic) bond motifs is 1. The average Bonchev–Trinajstić information content (AvgIpc) is 3.29. The van der Waals surface area contributed by atoms with Crippen molar-refractivity contribution >= 4 is 38.6 Å². The first-order valence-electron chi connectivity index (χ1n) is 10.4. The van der Waals surface area contributed by atoms with E-state index < -0.39 is 6.23 Å². The molecule has 0 saturated carbocycles. The zero-order valence-corrected chi connectivity index (χ0v) is 19.6. The fourth-order valence-electron chi connectivity index (χ4n) is 3.89. The molecule has 0 radical (unpaired) electrons. The third-order valence-electron chi connectivity index (χ3n) is 5.44. The summed E-state index contributed by atoms with van der Waals surface area (Å²) in [6.07, 6.45) is -0.739. The van der Waals surface area contributed by atoms with E-state index in [1.807, 2.05) is 78.9 Å². The van der Waals surface area contributed by atoms with Gasteiger partial charge in [-0.2, -0.15) is 5.01 Å².